The number of esters is 1. The highest BCUT2D eigenvalue weighted by molar-refractivity contribution is 7.15. The van der Waals surface area contributed by atoms with Crippen LogP contribution >= 0.6 is 11.3 Å². The van der Waals surface area contributed by atoms with Crippen LogP contribution in [0.15, 0.2) is 0 Å². The maximum absolute atomic E-state index is 11.6. The van der Waals surface area contributed by atoms with Crippen molar-refractivity contribution in [1.82, 2.24) is 4.98 Å². The first-order valence-electron chi connectivity index (χ1n) is 7.04. The lowest BCUT2D eigenvalue weighted by Gasteiger charge is -2.07. The van der Waals surface area contributed by atoms with Gasteiger partial charge in [0.25, 0.3) is 0 Å². The number of carbonyl (C=O) groups is 1. The summed E-state index contributed by atoms with van der Waals surface area (Å²) in [5.74, 6) is -0.348. The lowest BCUT2D eigenvalue weighted by Crippen LogP contribution is -2.08. The largest absolute Gasteiger partial charge is 0.461 e. The Bertz CT molecular complexity index is 419. The average molecular weight is 300 g/mol. The van der Waals surface area contributed by atoms with E-state index < -0.39 is 0 Å². The van der Waals surface area contributed by atoms with Crippen molar-refractivity contribution in [3.63, 3.8) is 0 Å². The molecule has 0 atom stereocenters. The number of aromatic nitrogens is 1. The molecule has 1 heterocycles. The summed E-state index contributed by atoms with van der Waals surface area (Å²) in [7, 11) is 0. The molecule has 0 aromatic carbocycles. The molecule has 20 heavy (non-hydrogen) atoms. The van der Waals surface area contributed by atoms with E-state index in [1.165, 1.54) is 11.3 Å². The summed E-state index contributed by atoms with van der Waals surface area (Å²) < 4.78 is 10.4. The van der Waals surface area contributed by atoms with E-state index in [0.717, 1.165) is 36.0 Å². The second-order valence-corrected chi connectivity index (χ2v) is 5.90. The molecule has 114 valence electrons. The van der Waals surface area contributed by atoms with Gasteiger partial charge in [-0.15, -0.1) is 11.3 Å². The summed E-state index contributed by atoms with van der Waals surface area (Å²) in [4.78, 5) is 16.8. The van der Waals surface area contributed by atoms with Gasteiger partial charge in [0.1, 0.15) is 0 Å². The highest BCUT2D eigenvalue weighted by Gasteiger charge is 2.15. The van der Waals surface area contributed by atoms with Crippen molar-refractivity contribution < 1.29 is 14.3 Å². The SMILES string of the molecule is CCOC(=O)c1nc(NCCCCOC(C)C)sc1C. The van der Waals surface area contributed by atoms with Crippen LogP contribution in [-0.4, -0.2) is 36.8 Å². The summed E-state index contributed by atoms with van der Waals surface area (Å²) in [6, 6.07) is 0. The number of nitrogens with one attached hydrogen (secondary N) is 1. The molecule has 0 radical (unpaired) electrons. The van der Waals surface area contributed by atoms with Crippen molar-refractivity contribution in [3.05, 3.63) is 10.6 Å². The molecule has 0 saturated carbocycles. The Morgan fingerprint density at radius 2 is 2.15 bits per heavy atom. The van der Waals surface area contributed by atoms with Crippen molar-refractivity contribution in [2.75, 3.05) is 25.1 Å². The van der Waals surface area contributed by atoms with Gasteiger partial charge in [0.2, 0.25) is 0 Å². The fraction of sp³-hybridized carbons (Fsp3) is 0.714. The second-order valence-electron chi connectivity index (χ2n) is 4.70. The fourth-order valence-corrected chi connectivity index (χ4v) is 2.43. The van der Waals surface area contributed by atoms with E-state index in [4.69, 9.17) is 9.47 Å². The van der Waals surface area contributed by atoms with E-state index >= 15 is 0 Å². The van der Waals surface area contributed by atoms with Crippen molar-refractivity contribution in [2.45, 2.75) is 46.6 Å². The number of ether oxygens (including phenoxy) is 2. The third-order valence-corrected chi connectivity index (χ3v) is 3.49. The minimum absolute atomic E-state index is 0.289. The summed E-state index contributed by atoms with van der Waals surface area (Å²) in [5, 5.41) is 4.01. The molecule has 0 aliphatic heterocycles. The first kappa shape index (κ1) is 16.9. The number of hydrogen-bond acceptors (Lipinski definition) is 6. The Balaban J connectivity index is 2.31. The van der Waals surface area contributed by atoms with Crippen LogP contribution in [-0.2, 0) is 9.47 Å². The zero-order valence-corrected chi connectivity index (χ0v) is 13.5. The van der Waals surface area contributed by atoms with Gasteiger partial charge in [0, 0.05) is 18.0 Å². The van der Waals surface area contributed by atoms with Crippen molar-refractivity contribution in [1.29, 1.82) is 0 Å². The Labute approximate surface area is 124 Å². The van der Waals surface area contributed by atoms with Crippen molar-refractivity contribution in [3.8, 4) is 0 Å². The highest BCUT2D eigenvalue weighted by Crippen LogP contribution is 2.22. The topological polar surface area (TPSA) is 60.5 Å². The number of hydrogen-bond donors (Lipinski definition) is 1. The van der Waals surface area contributed by atoms with E-state index in [9.17, 15) is 4.79 Å². The molecule has 0 aliphatic rings. The van der Waals surface area contributed by atoms with Gasteiger partial charge >= 0.3 is 5.97 Å². The summed E-state index contributed by atoms with van der Waals surface area (Å²) >= 11 is 1.48. The molecule has 0 saturated heterocycles. The number of rotatable bonds is 9. The molecular weight excluding hydrogens is 276 g/mol. The van der Waals surface area contributed by atoms with Gasteiger partial charge < -0.3 is 14.8 Å². The van der Waals surface area contributed by atoms with Gasteiger partial charge in [-0.25, -0.2) is 9.78 Å². The molecular formula is C14H24N2O3S. The van der Waals surface area contributed by atoms with E-state index in [2.05, 4.69) is 10.3 Å². The van der Waals surface area contributed by atoms with Crippen LogP contribution in [0.25, 0.3) is 0 Å². The minimum atomic E-state index is -0.348. The maximum Gasteiger partial charge on any atom is 0.358 e. The first-order chi connectivity index (χ1) is 9.54. The molecule has 1 aromatic heterocycles. The van der Waals surface area contributed by atoms with Crippen molar-refractivity contribution >= 4 is 22.4 Å². The van der Waals surface area contributed by atoms with E-state index in [-0.39, 0.29) is 12.1 Å². The van der Waals surface area contributed by atoms with Gasteiger partial charge in [-0.1, -0.05) is 0 Å². The van der Waals surface area contributed by atoms with Crippen LogP contribution in [0, 0.1) is 6.92 Å². The third-order valence-electron chi connectivity index (χ3n) is 2.56. The number of anilines is 1. The fourth-order valence-electron chi connectivity index (χ4n) is 1.60. The molecule has 1 rings (SSSR count). The molecule has 1 aromatic rings. The predicted octanol–water partition coefficient (Wildman–Crippen LogP) is 3.25. The van der Waals surface area contributed by atoms with Crippen LogP contribution < -0.4 is 5.32 Å². The smallest absolute Gasteiger partial charge is 0.358 e. The van der Waals surface area contributed by atoms with E-state index in [0.29, 0.717) is 12.3 Å². The predicted molar refractivity (Wildman–Crippen MR) is 81.6 cm³/mol. The average Bonchev–Trinajstić information content (AvgIpc) is 2.75. The van der Waals surface area contributed by atoms with Crippen LogP contribution in [0.1, 0.15) is 49.0 Å². The standard InChI is InChI=1S/C14H24N2O3S/c1-5-18-13(17)12-11(4)20-14(16-12)15-8-6-7-9-19-10(2)3/h10H,5-9H2,1-4H3,(H,15,16). The minimum Gasteiger partial charge on any atom is -0.461 e. The lowest BCUT2D eigenvalue weighted by atomic mass is 10.3. The van der Waals surface area contributed by atoms with Crippen molar-refractivity contribution in [2.24, 2.45) is 0 Å². The van der Waals surface area contributed by atoms with Gasteiger partial charge in [0.15, 0.2) is 10.8 Å². The van der Waals surface area contributed by atoms with Crippen LogP contribution in [0.2, 0.25) is 0 Å². The van der Waals surface area contributed by atoms with E-state index in [1.807, 2.05) is 20.8 Å². The molecule has 0 aliphatic carbocycles. The molecule has 6 heteroatoms. The number of unbranched alkanes of at least 4 members (excludes halogenated alkanes) is 1. The zero-order chi connectivity index (χ0) is 15.0. The molecule has 0 bridgehead atoms. The Kier molecular flexibility index (Phi) is 7.54. The van der Waals surface area contributed by atoms with Gasteiger partial charge in [-0.05, 0) is 40.5 Å². The second kappa shape index (κ2) is 8.92. The van der Waals surface area contributed by atoms with Gasteiger partial charge in [-0.2, -0.15) is 0 Å². The molecule has 1 N–H and O–H groups in total. The number of carbonyl (C=O) groups excluding carboxylic acids is 1. The first-order valence-corrected chi connectivity index (χ1v) is 7.86. The monoisotopic (exact) mass is 300 g/mol. The zero-order valence-electron chi connectivity index (χ0n) is 12.7. The lowest BCUT2D eigenvalue weighted by molar-refractivity contribution is 0.0519. The molecule has 0 unspecified atom stereocenters. The van der Waals surface area contributed by atoms with Gasteiger partial charge in [0.05, 0.1) is 12.7 Å². The van der Waals surface area contributed by atoms with Crippen LogP contribution in [0.4, 0.5) is 5.13 Å². The molecule has 0 fully saturated rings. The molecule has 5 nitrogen and oxygen atoms in total. The maximum atomic E-state index is 11.6. The van der Waals surface area contributed by atoms with Gasteiger partial charge in [-0.3, -0.25) is 0 Å². The quantitative estimate of drug-likeness (QED) is 0.560. The Morgan fingerprint density at radius 3 is 2.80 bits per heavy atom. The Hall–Kier alpha value is -1.14. The van der Waals surface area contributed by atoms with Crippen LogP contribution in [0.5, 0.6) is 0 Å². The summed E-state index contributed by atoms with van der Waals surface area (Å²) in [6.45, 7) is 9.72. The number of thiazole rings is 1. The molecule has 0 amide bonds. The normalized spacial score (nSPS) is 10.8. The number of nitrogens with zero attached hydrogens (tertiary/aromatic N) is 1. The number of aryl methyl sites for hydroxylation is 1. The third kappa shape index (κ3) is 5.88. The van der Waals surface area contributed by atoms with Crippen LogP contribution in [0.3, 0.4) is 0 Å². The highest BCUT2D eigenvalue weighted by atomic mass is 32.1. The Morgan fingerprint density at radius 1 is 1.40 bits per heavy atom. The van der Waals surface area contributed by atoms with E-state index in [1.54, 1.807) is 6.92 Å². The summed E-state index contributed by atoms with van der Waals surface area (Å²) in [5.41, 5.74) is 0.419. The summed E-state index contributed by atoms with van der Waals surface area (Å²) in [6.07, 6.45) is 2.32. The molecule has 0 spiro atoms.